The second-order valence-corrected chi connectivity index (χ2v) is 7.06. The highest BCUT2D eigenvalue weighted by Crippen LogP contribution is 2.27. The fraction of sp³-hybridized carbons (Fsp3) is 0.217. The summed E-state index contributed by atoms with van der Waals surface area (Å²) in [5.41, 5.74) is 4.65. The number of aromatic nitrogens is 2. The summed E-state index contributed by atoms with van der Waals surface area (Å²) >= 11 is 0. The first-order chi connectivity index (χ1) is 14.1. The van der Waals surface area contributed by atoms with Crippen molar-refractivity contribution in [2.45, 2.75) is 19.8 Å². The smallest absolute Gasteiger partial charge is 0.253 e. The Balaban J connectivity index is 1.54. The maximum atomic E-state index is 12.6. The van der Waals surface area contributed by atoms with Crippen molar-refractivity contribution in [1.82, 2.24) is 14.9 Å². The molecule has 0 saturated carbocycles. The number of hydrogen-bond donors (Lipinski definition) is 1. The summed E-state index contributed by atoms with van der Waals surface area (Å²) in [4.78, 5) is 27.0. The number of carbonyl (C=O) groups is 1. The van der Waals surface area contributed by atoms with Crippen molar-refractivity contribution in [2.75, 3.05) is 18.4 Å². The third-order valence-electron chi connectivity index (χ3n) is 5.02. The van der Waals surface area contributed by atoms with Crippen molar-refractivity contribution >= 4 is 23.2 Å². The average Bonchev–Trinajstić information content (AvgIpc) is 3.28. The van der Waals surface area contributed by atoms with Crippen LogP contribution in [0.25, 0.3) is 16.0 Å². The Morgan fingerprint density at radius 1 is 1.14 bits per heavy atom. The number of nitrogens with one attached hydrogen (secondary N) is 1. The zero-order valence-corrected chi connectivity index (χ0v) is 16.2. The lowest BCUT2D eigenvalue weighted by atomic mass is 10.1. The molecule has 0 bridgehead atoms. The van der Waals surface area contributed by atoms with Crippen molar-refractivity contribution in [3.63, 3.8) is 0 Å². The lowest BCUT2D eigenvalue weighted by Crippen LogP contribution is -2.27. The van der Waals surface area contributed by atoms with Gasteiger partial charge in [0.05, 0.1) is 12.3 Å². The molecule has 2 heterocycles. The van der Waals surface area contributed by atoms with Crippen LogP contribution in [0.4, 0.5) is 17.3 Å². The van der Waals surface area contributed by atoms with Crippen LogP contribution in [0.1, 0.15) is 28.9 Å². The van der Waals surface area contributed by atoms with E-state index < -0.39 is 0 Å². The predicted octanol–water partition coefficient (Wildman–Crippen LogP) is 4.98. The first-order valence-electron chi connectivity index (χ1n) is 9.62. The largest absolute Gasteiger partial charge is 0.339 e. The minimum atomic E-state index is 0.0679. The lowest BCUT2D eigenvalue weighted by molar-refractivity contribution is 0.0793. The molecular formula is C23H21N5O. The Morgan fingerprint density at radius 3 is 2.69 bits per heavy atom. The SMILES string of the molecule is [C-]#[N+]c1cccc(-c2cnc(Nc3cccc(C(=O)N4CCCC4)c3)nc2C)c1. The Bertz CT molecular complexity index is 1100. The van der Waals surface area contributed by atoms with E-state index in [-0.39, 0.29) is 5.91 Å². The number of aryl methyl sites for hydroxylation is 1. The number of carbonyl (C=O) groups excluding carboxylic acids is 1. The van der Waals surface area contributed by atoms with E-state index in [0.29, 0.717) is 17.2 Å². The maximum absolute atomic E-state index is 12.6. The summed E-state index contributed by atoms with van der Waals surface area (Å²) in [5, 5.41) is 3.19. The van der Waals surface area contributed by atoms with Crippen LogP contribution in [-0.4, -0.2) is 33.9 Å². The van der Waals surface area contributed by atoms with E-state index in [1.807, 2.05) is 54.3 Å². The molecule has 1 amide bonds. The van der Waals surface area contributed by atoms with Gasteiger partial charge in [0.15, 0.2) is 5.69 Å². The number of benzene rings is 2. The van der Waals surface area contributed by atoms with Crippen LogP contribution >= 0.6 is 0 Å². The maximum Gasteiger partial charge on any atom is 0.253 e. The number of nitrogens with zero attached hydrogens (tertiary/aromatic N) is 4. The zero-order valence-electron chi connectivity index (χ0n) is 16.2. The van der Waals surface area contributed by atoms with Crippen molar-refractivity contribution in [3.8, 4) is 11.1 Å². The van der Waals surface area contributed by atoms with Gasteiger partial charge in [-0.1, -0.05) is 24.3 Å². The average molecular weight is 383 g/mol. The van der Waals surface area contributed by atoms with Gasteiger partial charge in [0.25, 0.3) is 5.91 Å². The summed E-state index contributed by atoms with van der Waals surface area (Å²) in [6, 6.07) is 14.9. The van der Waals surface area contributed by atoms with Gasteiger partial charge in [-0.2, -0.15) is 0 Å². The molecule has 0 spiro atoms. The molecule has 1 N–H and O–H groups in total. The van der Waals surface area contributed by atoms with Gasteiger partial charge in [-0.3, -0.25) is 4.79 Å². The van der Waals surface area contributed by atoms with E-state index in [9.17, 15) is 4.79 Å². The molecule has 2 aromatic carbocycles. The Morgan fingerprint density at radius 2 is 1.93 bits per heavy atom. The summed E-state index contributed by atoms with van der Waals surface area (Å²) in [6.45, 7) is 10.7. The van der Waals surface area contributed by atoms with Crippen LogP contribution in [0, 0.1) is 13.5 Å². The Kier molecular flexibility index (Phi) is 5.21. The summed E-state index contributed by atoms with van der Waals surface area (Å²) in [6.07, 6.45) is 3.90. The van der Waals surface area contributed by atoms with Crippen molar-refractivity contribution < 1.29 is 4.79 Å². The van der Waals surface area contributed by atoms with Gasteiger partial charge in [0, 0.05) is 36.1 Å². The van der Waals surface area contributed by atoms with Gasteiger partial charge >= 0.3 is 0 Å². The van der Waals surface area contributed by atoms with Crippen LogP contribution < -0.4 is 5.32 Å². The van der Waals surface area contributed by atoms with Gasteiger partial charge in [-0.25, -0.2) is 14.8 Å². The van der Waals surface area contributed by atoms with Crippen molar-refractivity contribution in [3.05, 3.63) is 77.4 Å². The molecule has 1 fully saturated rings. The van der Waals surface area contributed by atoms with Crippen LogP contribution in [0.15, 0.2) is 54.7 Å². The van der Waals surface area contributed by atoms with E-state index in [1.165, 1.54) is 0 Å². The van der Waals surface area contributed by atoms with Gasteiger partial charge < -0.3 is 10.2 Å². The molecule has 3 aromatic rings. The highest BCUT2D eigenvalue weighted by molar-refractivity contribution is 5.95. The lowest BCUT2D eigenvalue weighted by Gasteiger charge is -2.16. The molecule has 0 atom stereocenters. The van der Waals surface area contributed by atoms with Crippen molar-refractivity contribution in [1.29, 1.82) is 0 Å². The number of anilines is 2. The first kappa shape index (κ1) is 18.6. The number of hydrogen-bond acceptors (Lipinski definition) is 4. The molecule has 1 aliphatic rings. The highest BCUT2D eigenvalue weighted by Gasteiger charge is 2.19. The minimum absolute atomic E-state index is 0.0679. The molecule has 1 aliphatic heterocycles. The third kappa shape index (κ3) is 4.09. The van der Waals surface area contributed by atoms with Crippen molar-refractivity contribution in [2.24, 2.45) is 0 Å². The summed E-state index contributed by atoms with van der Waals surface area (Å²) in [5.74, 6) is 0.539. The van der Waals surface area contributed by atoms with E-state index in [0.717, 1.165) is 48.4 Å². The molecule has 6 heteroatoms. The topological polar surface area (TPSA) is 62.5 Å². The summed E-state index contributed by atoms with van der Waals surface area (Å²) < 4.78 is 0. The van der Waals surface area contributed by atoms with Crippen LogP contribution in [-0.2, 0) is 0 Å². The van der Waals surface area contributed by atoms with E-state index in [4.69, 9.17) is 6.57 Å². The van der Waals surface area contributed by atoms with Crippen LogP contribution in [0.5, 0.6) is 0 Å². The molecule has 0 radical (unpaired) electrons. The third-order valence-corrected chi connectivity index (χ3v) is 5.02. The molecular weight excluding hydrogens is 362 g/mol. The number of amides is 1. The molecule has 1 aromatic heterocycles. The van der Waals surface area contributed by atoms with Gasteiger partial charge in [-0.05, 0) is 49.6 Å². The number of likely N-dealkylation sites (tertiary alicyclic amines) is 1. The van der Waals surface area contributed by atoms with E-state index in [2.05, 4.69) is 20.1 Å². The van der Waals surface area contributed by atoms with E-state index >= 15 is 0 Å². The highest BCUT2D eigenvalue weighted by atomic mass is 16.2. The predicted molar refractivity (Wildman–Crippen MR) is 113 cm³/mol. The second kappa shape index (κ2) is 8.11. The summed E-state index contributed by atoms with van der Waals surface area (Å²) in [7, 11) is 0. The zero-order chi connectivity index (χ0) is 20.2. The molecule has 0 aliphatic carbocycles. The minimum Gasteiger partial charge on any atom is -0.339 e. The Hall–Kier alpha value is -3.72. The number of rotatable bonds is 4. The molecule has 29 heavy (non-hydrogen) atoms. The molecule has 6 nitrogen and oxygen atoms in total. The fourth-order valence-electron chi connectivity index (χ4n) is 3.52. The molecule has 1 saturated heterocycles. The van der Waals surface area contributed by atoms with Gasteiger partial charge in [0.1, 0.15) is 0 Å². The molecule has 144 valence electrons. The van der Waals surface area contributed by atoms with Gasteiger partial charge in [-0.15, -0.1) is 0 Å². The quantitative estimate of drug-likeness (QED) is 0.645. The van der Waals surface area contributed by atoms with E-state index in [1.54, 1.807) is 12.3 Å². The molecule has 4 rings (SSSR count). The van der Waals surface area contributed by atoms with Crippen LogP contribution in [0.2, 0.25) is 0 Å². The van der Waals surface area contributed by atoms with Gasteiger partial charge in [0.2, 0.25) is 5.95 Å². The second-order valence-electron chi connectivity index (χ2n) is 7.06. The first-order valence-corrected chi connectivity index (χ1v) is 9.62. The monoisotopic (exact) mass is 383 g/mol. The molecule has 0 unspecified atom stereocenters. The fourth-order valence-corrected chi connectivity index (χ4v) is 3.52. The standard InChI is InChI=1S/C23H21N5O/c1-16-21(17-7-5-9-19(13-17)24-2)15-25-23(26-16)27-20-10-6-8-18(14-20)22(29)28-11-3-4-12-28/h5-10,13-15H,3-4,11-12H2,1H3,(H,25,26,27). The van der Waals surface area contributed by atoms with Crippen LogP contribution in [0.3, 0.4) is 0 Å². The normalized spacial score (nSPS) is 13.2. The Labute approximate surface area is 170 Å².